The third-order valence-electron chi connectivity index (χ3n) is 7.04. The number of nitrogens with zero attached hydrogens (tertiary/aromatic N) is 1. The molecule has 2 heterocycles. The molecule has 2 rings (SSSR count). The van der Waals surface area contributed by atoms with Crippen LogP contribution in [0.5, 0.6) is 0 Å². The summed E-state index contributed by atoms with van der Waals surface area (Å²) in [4.78, 5) is 30.3. The van der Waals surface area contributed by atoms with Crippen LogP contribution < -0.4 is 0 Å². The first kappa shape index (κ1) is 28.0. The fourth-order valence-corrected chi connectivity index (χ4v) is 4.40. The van der Waals surface area contributed by atoms with Crippen LogP contribution in [0.4, 0.5) is 0 Å². The average molecular weight is 476 g/mol. The second-order valence-electron chi connectivity index (χ2n) is 10.4. The number of aliphatic hydroxyl groups is 2. The molecule has 0 radical (unpaired) electrons. The number of aryl methyl sites for hydroxylation is 1. The molecule has 0 aliphatic carbocycles. The molecule has 1 aromatic heterocycles. The van der Waals surface area contributed by atoms with Gasteiger partial charge in [-0.15, -0.1) is 0 Å². The second kappa shape index (κ2) is 11.9. The van der Waals surface area contributed by atoms with E-state index in [2.05, 4.69) is 11.1 Å². The van der Waals surface area contributed by atoms with Gasteiger partial charge in [0.25, 0.3) is 0 Å². The summed E-state index contributed by atoms with van der Waals surface area (Å²) >= 11 is 0. The van der Waals surface area contributed by atoms with Crippen molar-refractivity contribution >= 4 is 17.8 Å². The average Bonchev–Trinajstić information content (AvgIpc) is 3.18. The zero-order chi connectivity index (χ0) is 25.6. The lowest BCUT2D eigenvalue weighted by Crippen LogP contribution is -2.45. The van der Waals surface area contributed by atoms with E-state index in [0.29, 0.717) is 18.0 Å². The first-order chi connectivity index (χ1) is 15.8. The molecule has 5 atom stereocenters. The molecule has 0 unspecified atom stereocenters. The van der Waals surface area contributed by atoms with Crippen molar-refractivity contribution < 1.29 is 29.0 Å². The van der Waals surface area contributed by atoms with Crippen molar-refractivity contribution in [1.29, 1.82) is 0 Å². The Bertz CT molecular complexity index is 912. The van der Waals surface area contributed by atoms with Crippen LogP contribution in [0.2, 0.25) is 0 Å². The number of hydrogen-bond donors (Lipinski definition) is 2. The topological polar surface area (TPSA) is 110 Å². The summed E-state index contributed by atoms with van der Waals surface area (Å²) in [6.45, 7) is 12.6. The van der Waals surface area contributed by atoms with Crippen molar-refractivity contribution in [3.63, 3.8) is 0 Å². The molecule has 0 spiro atoms. The van der Waals surface area contributed by atoms with Crippen molar-refractivity contribution in [2.45, 2.75) is 98.9 Å². The van der Waals surface area contributed by atoms with Gasteiger partial charge in [-0.1, -0.05) is 39.3 Å². The molecular formula is C27H41NO6. The van der Waals surface area contributed by atoms with E-state index in [1.807, 2.05) is 26.8 Å². The molecular weight excluding hydrogens is 434 g/mol. The number of carbonyl (C=O) groups is 2. The van der Waals surface area contributed by atoms with E-state index in [1.54, 1.807) is 34.0 Å². The smallest absolute Gasteiger partial charge is 0.309 e. The lowest BCUT2D eigenvalue weighted by Gasteiger charge is -2.34. The van der Waals surface area contributed by atoms with Crippen LogP contribution in [-0.2, 0) is 14.3 Å². The predicted molar refractivity (Wildman–Crippen MR) is 131 cm³/mol. The SMILES string of the molecule is CC(=Cc1coc(C)n1)[C@@H]1C/C=C(/C)CCC[C@H](C)[C@H](O)[C@@H](C)C(=O)C(C)(C)[C@@H](O)CC(=O)O1. The summed E-state index contributed by atoms with van der Waals surface area (Å²) in [5.74, 6) is -0.995. The number of ketones is 1. The van der Waals surface area contributed by atoms with Gasteiger partial charge in [-0.3, -0.25) is 9.59 Å². The largest absolute Gasteiger partial charge is 0.457 e. The van der Waals surface area contributed by atoms with Crippen LogP contribution in [0.25, 0.3) is 6.08 Å². The Morgan fingerprint density at radius 3 is 2.50 bits per heavy atom. The third-order valence-corrected chi connectivity index (χ3v) is 7.04. The molecule has 0 saturated carbocycles. The summed E-state index contributed by atoms with van der Waals surface area (Å²) in [5.41, 5.74) is 1.42. The Balaban J connectivity index is 2.33. The van der Waals surface area contributed by atoms with E-state index >= 15 is 0 Å². The van der Waals surface area contributed by atoms with Gasteiger partial charge >= 0.3 is 5.97 Å². The molecule has 7 nitrogen and oxygen atoms in total. The van der Waals surface area contributed by atoms with Crippen LogP contribution in [0.1, 0.15) is 85.2 Å². The zero-order valence-electron chi connectivity index (χ0n) is 21.6. The van der Waals surface area contributed by atoms with E-state index in [4.69, 9.17) is 9.15 Å². The number of carbonyl (C=O) groups excluding carboxylic acids is 2. The minimum absolute atomic E-state index is 0.0543. The van der Waals surface area contributed by atoms with Gasteiger partial charge in [-0.2, -0.15) is 0 Å². The maximum Gasteiger partial charge on any atom is 0.309 e. The first-order valence-corrected chi connectivity index (χ1v) is 12.2. The van der Waals surface area contributed by atoms with Gasteiger partial charge in [0, 0.05) is 19.3 Å². The second-order valence-corrected chi connectivity index (χ2v) is 10.4. The number of rotatable bonds is 2. The van der Waals surface area contributed by atoms with Gasteiger partial charge < -0.3 is 19.4 Å². The number of allylic oxidation sites excluding steroid dienone is 1. The maximum atomic E-state index is 13.2. The number of oxazole rings is 1. The molecule has 1 aliphatic heterocycles. The highest BCUT2D eigenvalue weighted by atomic mass is 16.5. The first-order valence-electron chi connectivity index (χ1n) is 12.2. The highest BCUT2D eigenvalue weighted by Gasteiger charge is 2.42. The van der Waals surface area contributed by atoms with Gasteiger partial charge in [0.2, 0.25) is 0 Å². The van der Waals surface area contributed by atoms with Gasteiger partial charge in [0.05, 0.1) is 24.0 Å². The lowest BCUT2D eigenvalue weighted by molar-refractivity contribution is -0.154. The summed E-state index contributed by atoms with van der Waals surface area (Å²) in [6.07, 6.45) is 5.58. The molecule has 0 bridgehead atoms. The monoisotopic (exact) mass is 475 g/mol. The van der Waals surface area contributed by atoms with Crippen molar-refractivity contribution in [3.8, 4) is 0 Å². The summed E-state index contributed by atoms with van der Waals surface area (Å²) in [5, 5.41) is 21.6. The minimum atomic E-state index is -1.23. The predicted octanol–water partition coefficient (Wildman–Crippen LogP) is 4.80. The van der Waals surface area contributed by atoms with Crippen LogP contribution in [-0.4, -0.2) is 45.3 Å². The van der Waals surface area contributed by atoms with Gasteiger partial charge in [0.15, 0.2) is 5.89 Å². The molecule has 0 aromatic carbocycles. The highest BCUT2D eigenvalue weighted by Crippen LogP contribution is 2.32. The van der Waals surface area contributed by atoms with Crippen LogP contribution in [0.15, 0.2) is 27.9 Å². The molecule has 2 N–H and O–H groups in total. The fraction of sp³-hybridized carbons (Fsp3) is 0.667. The fourth-order valence-electron chi connectivity index (χ4n) is 4.40. The van der Waals surface area contributed by atoms with Gasteiger partial charge in [-0.25, -0.2) is 4.98 Å². The molecule has 190 valence electrons. The number of hydrogen-bond acceptors (Lipinski definition) is 7. The standard InChI is InChI=1S/C27H41NO6/c1-16-9-8-10-17(2)25(31)19(4)26(32)27(6,7)23(29)14-24(30)34-22(12-11-16)18(3)13-21-15-33-20(5)28-21/h11,13,15,17,19,22-23,25,29,31H,8-10,12,14H2,1-7H3/b16-11-,18-13?/t17-,19+,22-,23-,25-/m0/s1. The van der Waals surface area contributed by atoms with Crippen molar-refractivity contribution in [2.24, 2.45) is 17.3 Å². The quantitative estimate of drug-likeness (QED) is 0.467. The molecule has 1 aromatic rings. The number of Topliss-reactive ketones (excluding diaryl/α,β-unsaturated/α-hetero) is 1. The lowest BCUT2D eigenvalue weighted by atomic mass is 9.73. The van der Waals surface area contributed by atoms with E-state index in [0.717, 1.165) is 24.8 Å². The number of cyclic esters (lactones) is 1. The molecule has 0 fully saturated rings. The maximum absolute atomic E-state index is 13.2. The van der Waals surface area contributed by atoms with E-state index in [9.17, 15) is 19.8 Å². The number of aromatic nitrogens is 1. The third kappa shape index (κ3) is 7.37. The molecule has 7 heteroatoms. The Morgan fingerprint density at radius 1 is 1.21 bits per heavy atom. The van der Waals surface area contributed by atoms with Gasteiger partial charge in [-0.05, 0) is 50.7 Å². The Morgan fingerprint density at radius 2 is 1.88 bits per heavy atom. The minimum Gasteiger partial charge on any atom is -0.457 e. The van der Waals surface area contributed by atoms with E-state index < -0.39 is 35.6 Å². The highest BCUT2D eigenvalue weighted by molar-refractivity contribution is 5.88. The van der Waals surface area contributed by atoms with E-state index in [1.165, 1.54) is 5.57 Å². The van der Waals surface area contributed by atoms with Crippen LogP contribution in [0, 0.1) is 24.2 Å². The van der Waals surface area contributed by atoms with Crippen LogP contribution >= 0.6 is 0 Å². The normalized spacial score (nSPS) is 32.1. The van der Waals surface area contributed by atoms with Crippen molar-refractivity contribution in [1.82, 2.24) is 4.98 Å². The Hall–Kier alpha value is -2.25. The Kier molecular flexibility index (Phi) is 9.83. The molecule has 34 heavy (non-hydrogen) atoms. The molecule has 1 aliphatic rings. The van der Waals surface area contributed by atoms with E-state index in [-0.39, 0.29) is 18.1 Å². The van der Waals surface area contributed by atoms with Gasteiger partial charge in [0.1, 0.15) is 23.8 Å². The summed E-state index contributed by atoms with van der Waals surface area (Å²) in [7, 11) is 0. The molecule has 0 saturated heterocycles. The van der Waals surface area contributed by atoms with Crippen molar-refractivity contribution in [2.75, 3.05) is 0 Å². The zero-order valence-corrected chi connectivity index (χ0v) is 21.6. The summed E-state index contributed by atoms with van der Waals surface area (Å²) in [6, 6.07) is 0. The summed E-state index contributed by atoms with van der Waals surface area (Å²) < 4.78 is 11.0. The van der Waals surface area contributed by atoms with Crippen molar-refractivity contribution in [3.05, 3.63) is 35.1 Å². The number of ether oxygens (including phenoxy) is 1. The number of esters is 1. The molecule has 0 amide bonds. The number of aliphatic hydroxyl groups excluding tert-OH is 2. The van der Waals surface area contributed by atoms with Crippen LogP contribution in [0.3, 0.4) is 0 Å². The Labute approximate surface area is 203 Å².